The van der Waals surface area contributed by atoms with Gasteiger partial charge in [0.2, 0.25) is 0 Å². The number of carbonyl (C=O) groups excluding carboxylic acids is 1. The molecule has 0 saturated carbocycles. The minimum atomic E-state index is -4.05. The molecule has 0 radical (unpaired) electrons. The van der Waals surface area contributed by atoms with Crippen molar-refractivity contribution in [3.05, 3.63) is 113 Å². The van der Waals surface area contributed by atoms with E-state index in [0.717, 1.165) is 11.1 Å². The van der Waals surface area contributed by atoms with Gasteiger partial charge in [-0.15, -0.1) is 0 Å². The number of rotatable bonds is 11. The van der Waals surface area contributed by atoms with Crippen LogP contribution < -0.4 is 4.52 Å². The number of phosphoric ester groups is 1. The monoisotopic (exact) mass is 515 g/mol. The summed E-state index contributed by atoms with van der Waals surface area (Å²) in [5.41, 5.74) is 2.26. The number of benzene rings is 3. The second kappa shape index (κ2) is 13.1. The zero-order valence-corrected chi connectivity index (χ0v) is 21.2. The minimum absolute atomic E-state index is 0.00734. The van der Waals surface area contributed by atoms with Crippen molar-refractivity contribution in [1.29, 1.82) is 0 Å². The maximum Gasteiger partial charge on any atom is 0.530 e. The van der Waals surface area contributed by atoms with Crippen LogP contribution in [0.2, 0.25) is 5.02 Å². The predicted octanol–water partition coefficient (Wildman–Crippen LogP) is 7.36. The normalized spacial score (nSPS) is 11.4. The summed E-state index contributed by atoms with van der Waals surface area (Å²) in [5, 5.41) is 0.173. The summed E-state index contributed by atoms with van der Waals surface area (Å²) in [5.74, 6) is 0.122. The average Bonchev–Trinajstić information content (AvgIpc) is 2.88. The van der Waals surface area contributed by atoms with Gasteiger partial charge in [0.05, 0.1) is 18.2 Å². The van der Waals surface area contributed by atoms with Crippen molar-refractivity contribution in [3.8, 4) is 5.75 Å². The summed E-state index contributed by atoms with van der Waals surface area (Å²) >= 11 is 6.38. The van der Waals surface area contributed by atoms with Crippen molar-refractivity contribution < 1.29 is 27.7 Å². The van der Waals surface area contributed by atoms with E-state index >= 15 is 0 Å². The quantitative estimate of drug-likeness (QED) is 0.248. The highest BCUT2D eigenvalue weighted by Crippen LogP contribution is 2.52. The molecule has 0 bridgehead atoms. The fourth-order valence-corrected chi connectivity index (χ4v) is 4.40. The highest BCUT2D eigenvalue weighted by atomic mass is 35.5. The van der Waals surface area contributed by atoms with E-state index in [1.165, 1.54) is 11.0 Å². The largest absolute Gasteiger partial charge is 0.530 e. The van der Waals surface area contributed by atoms with E-state index in [-0.39, 0.29) is 30.6 Å². The lowest BCUT2D eigenvalue weighted by molar-refractivity contribution is 0.117. The number of hydrogen-bond donors (Lipinski definition) is 0. The van der Waals surface area contributed by atoms with E-state index in [0.29, 0.717) is 5.56 Å². The van der Waals surface area contributed by atoms with Crippen molar-refractivity contribution >= 4 is 25.5 Å². The molecule has 0 aliphatic heterocycles. The summed E-state index contributed by atoms with van der Waals surface area (Å²) < 4.78 is 35.7. The maximum atomic E-state index is 13.5. The SMILES string of the molecule is C/C=C\N(C)C(=O)OCc1ccc(OP(=O)(OCc2ccccc2)OCc2ccccc2)c(Cl)c1. The van der Waals surface area contributed by atoms with E-state index in [1.807, 2.05) is 60.7 Å². The Bertz CT molecular complexity index is 1130. The van der Waals surface area contributed by atoms with Gasteiger partial charge in [-0.25, -0.2) is 9.36 Å². The first-order chi connectivity index (χ1) is 16.9. The predicted molar refractivity (Wildman–Crippen MR) is 135 cm³/mol. The standard InChI is InChI=1S/C26H27ClNO6P/c1-3-16-28(2)26(29)31-18-23-14-15-25(24(27)17-23)34-35(30,32-19-21-10-6-4-7-11-21)33-20-22-12-8-5-9-13-22/h3-17H,18-20H2,1-2H3/b16-3-. The molecule has 3 aromatic rings. The number of halogens is 1. The highest BCUT2D eigenvalue weighted by Gasteiger charge is 2.30. The van der Waals surface area contributed by atoms with Gasteiger partial charge in [-0.2, -0.15) is 0 Å². The van der Waals surface area contributed by atoms with Crippen LogP contribution >= 0.6 is 19.4 Å². The second-order valence-electron chi connectivity index (χ2n) is 7.47. The molecule has 35 heavy (non-hydrogen) atoms. The van der Waals surface area contributed by atoms with Crippen molar-refractivity contribution in [1.82, 2.24) is 4.90 Å². The van der Waals surface area contributed by atoms with Crippen LogP contribution in [0.3, 0.4) is 0 Å². The van der Waals surface area contributed by atoms with Gasteiger partial charge in [-0.3, -0.25) is 13.9 Å². The topological polar surface area (TPSA) is 74.3 Å². The molecular weight excluding hydrogens is 489 g/mol. The zero-order chi connectivity index (χ0) is 25.1. The molecule has 0 aromatic heterocycles. The number of carbonyl (C=O) groups is 1. The summed E-state index contributed by atoms with van der Waals surface area (Å²) in [7, 11) is -2.46. The molecule has 0 heterocycles. The zero-order valence-electron chi connectivity index (χ0n) is 19.5. The molecular formula is C26H27ClNO6P. The molecule has 3 aromatic carbocycles. The molecule has 0 aliphatic rings. The van der Waals surface area contributed by atoms with Crippen molar-refractivity contribution in [2.45, 2.75) is 26.7 Å². The number of amides is 1. The maximum absolute atomic E-state index is 13.5. The van der Waals surface area contributed by atoms with Crippen LogP contribution in [0.5, 0.6) is 5.75 Å². The fourth-order valence-electron chi connectivity index (χ4n) is 2.91. The first-order valence-corrected chi connectivity index (χ1v) is 12.7. The molecule has 0 fully saturated rings. The number of phosphoric acid groups is 1. The number of nitrogens with zero attached hydrogens (tertiary/aromatic N) is 1. The van der Waals surface area contributed by atoms with E-state index in [1.54, 1.807) is 38.4 Å². The number of allylic oxidation sites excluding steroid dienone is 1. The van der Waals surface area contributed by atoms with Gasteiger partial charge in [-0.1, -0.05) is 84.4 Å². The van der Waals surface area contributed by atoms with E-state index in [9.17, 15) is 9.36 Å². The summed E-state index contributed by atoms with van der Waals surface area (Å²) in [4.78, 5) is 13.3. The Hall–Kier alpha value is -3.09. The summed E-state index contributed by atoms with van der Waals surface area (Å²) in [6, 6.07) is 23.3. The van der Waals surface area contributed by atoms with E-state index in [2.05, 4.69) is 0 Å². The third-order valence-corrected chi connectivity index (χ3v) is 6.30. The number of hydrogen-bond acceptors (Lipinski definition) is 6. The van der Waals surface area contributed by atoms with Crippen molar-refractivity contribution in [2.24, 2.45) is 0 Å². The summed E-state index contributed by atoms with van der Waals surface area (Å²) in [6.07, 6.45) is 2.81. The van der Waals surface area contributed by atoms with Crippen molar-refractivity contribution in [2.75, 3.05) is 7.05 Å². The van der Waals surface area contributed by atoms with Gasteiger partial charge in [-0.05, 0) is 35.7 Å². The third-order valence-electron chi connectivity index (χ3n) is 4.69. The summed E-state index contributed by atoms with van der Waals surface area (Å²) in [6.45, 7) is 1.86. The lowest BCUT2D eigenvalue weighted by Gasteiger charge is -2.20. The van der Waals surface area contributed by atoms with Crippen LogP contribution in [0.25, 0.3) is 0 Å². The van der Waals surface area contributed by atoms with Crippen LogP contribution in [0.1, 0.15) is 23.6 Å². The number of ether oxygens (including phenoxy) is 1. The molecule has 0 unspecified atom stereocenters. The lowest BCUT2D eigenvalue weighted by Crippen LogP contribution is -2.21. The molecule has 0 aliphatic carbocycles. The molecule has 3 rings (SSSR count). The lowest BCUT2D eigenvalue weighted by atomic mass is 10.2. The minimum Gasteiger partial charge on any atom is -0.444 e. The molecule has 0 spiro atoms. The molecule has 184 valence electrons. The molecule has 0 N–H and O–H groups in total. The third kappa shape index (κ3) is 8.57. The first-order valence-electron chi connectivity index (χ1n) is 10.9. The van der Waals surface area contributed by atoms with E-state index in [4.69, 9.17) is 29.9 Å². The van der Waals surface area contributed by atoms with Crippen LogP contribution in [0.15, 0.2) is 91.1 Å². The van der Waals surface area contributed by atoms with Gasteiger partial charge in [0.25, 0.3) is 0 Å². The van der Waals surface area contributed by atoms with Gasteiger partial charge >= 0.3 is 13.9 Å². The van der Waals surface area contributed by atoms with Gasteiger partial charge in [0.1, 0.15) is 12.4 Å². The highest BCUT2D eigenvalue weighted by molar-refractivity contribution is 7.48. The Morgan fingerprint density at radius 3 is 1.97 bits per heavy atom. The Balaban J connectivity index is 1.70. The fraction of sp³-hybridized carbons (Fsp3) is 0.192. The van der Waals surface area contributed by atoms with Crippen molar-refractivity contribution in [3.63, 3.8) is 0 Å². The molecule has 9 heteroatoms. The molecule has 0 atom stereocenters. The van der Waals surface area contributed by atoms with Gasteiger partial charge < -0.3 is 9.26 Å². The molecule has 7 nitrogen and oxygen atoms in total. The van der Waals surface area contributed by atoms with Crippen LogP contribution in [-0.2, 0) is 38.2 Å². The smallest absolute Gasteiger partial charge is 0.444 e. The Kier molecular flexibility index (Phi) is 9.94. The Labute approximate surface area is 210 Å². The van der Waals surface area contributed by atoms with Gasteiger partial charge in [0, 0.05) is 13.2 Å². The second-order valence-corrected chi connectivity index (χ2v) is 9.47. The Morgan fingerprint density at radius 1 is 0.886 bits per heavy atom. The molecule has 1 amide bonds. The first kappa shape index (κ1) is 26.5. The van der Waals surface area contributed by atoms with Crippen LogP contribution in [0.4, 0.5) is 4.79 Å². The van der Waals surface area contributed by atoms with Crippen LogP contribution in [0, 0.1) is 0 Å². The van der Waals surface area contributed by atoms with Gasteiger partial charge in [0.15, 0.2) is 0 Å². The van der Waals surface area contributed by atoms with E-state index < -0.39 is 13.9 Å². The van der Waals surface area contributed by atoms with Crippen LogP contribution in [-0.4, -0.2) is 18.0 Å². The average molecular weight is 516 g/mol. The molecule has 0 saturated heterocycles. The Morgan fingerprint density at radius 2 is 1.46 bits per heavy atom.